The van der Waals surface area contributed by atoms with Crippen LogP contribution in [-0.4, -0.2) is 5.78 Å². The van der Waals surface area contributed by atoms with Gasteiger partial charge in [0.15, 0.2) is 5.78 Å². The molecule has 0 spiro atoms. The number of aryl methyl sites for hydroxylation is 2. The fourth-order valence-corrected chi connectivity index (χ4v) is 2.50. The van der Waals surface area contributed by atoms with Crippen LogP contribution in [0.5, 0.6) is 0 Å². The van der Waals surface area contributed by atoms with E-state index in [0.29, 0.717) is 6.42 Å². The van der Waals surface area contributed by atoms with Gasteiger partial charge >= 0.3 is 0 Å². The van der Waals surface area contributed by atoms with Crippen LogP contribution in [0.15, 0.2) is 36.4 Å². The minimum absolute atomic E-state index is 0.190. The van der Waals surface area contributed by atoms with E-state index >= 15 is 0 Å². The first-order valence-electron chi connectivity index (χ1n) is 6.65. The Morgan fingerprint density at radius 3 is 2.16 bits per heavy atom. The van der Waals surface area contributed by atoms with Gasteiger partial charge in [0, 0.05) is 12.0 Å². The molecule has 1 heteroatoms. The van der Waals surface area contributed by atoms with Gasteiger partial charge in [-0.2, -0.15) is 0 Å². The Labute approximate surface area is 115 Å². The van der Waals surface area contributed by atoms with E-state index in [1.54, 1.807) is 0 Å². The summed E-state index contributed by atoms with van der Waals surface area (Å²) in [5.74, 6) is 0.190. The molecule has 2 rings (SSSR count). The first-order valence-corrected chi connectivity index (χ1v) is 6.65. The topological polar surface area (TPSA) is 17.1 Å². The van der Waals surface area contributed by atoms with Crippen LogP contribution in [0.25, 0.3) is 0 Å². The zero-order chi connectivity index (χ0) is 14.0. The Balaban J connectivity index is 2.35. The standard InChI is InChI=1S/C18H20O/c1-12-10-13(2)17(15(4)14(12)3)11-18(19)16-8-6-5-7-9-16/h5-10H,11H2,1-4H3. The van der Waals surface area contributed by atoms with Crippen molar-refractivity contribution in [3.63, 3.8) is 0 Å². The van der Waals surface area contributed by atoms with Crippen molar-refractivity contribution in [1.29, 1.82) is 0 Å². The van der Waals surface area contributed by atoms with E-state index in [4.69, 9.17) is 0 Å². The van der Waals surface area contributed by atoms with Crippen molar-refractivity contribution in [3.05, 3.63) is 69.8 Å². The van der Waals surface area contributed by atoms with E-state index in [1.165, 1.54) is 27.8 Å². The number of ketones is 1. The average Bonchev–Trinajstić information content (AvgIpc) is 2.42. The Bertz CT molecular complexity index is 609. The molecule has 0 aromatic heterocycles. The molecular weight excluding hydrogens is 232 g/mol. The molecule has 0 aliphatic heterocycles. The molecule has 0 fully saturated rings. The predicted octanol–water partition coefficient (Wildman–Crippen LogP) is 4.35. The smallest absolute Gasteiger partial charge is 0.167 e. The number of carbonyl (C=O) groups excluding carboxylic acids is 1. The Morgan fingerprint density at radius 1 is 0.895 bits per heavy atom. The number of Topliss-reactive ketones (excluding diaryl/α,β-unsaturated/α-hetero) is 1. The van der Waals surface area contributed by atoms with Crippen molar-refractivity contribution in [2.24, 2.45) is 0 Å². The maximum atomic E-state index is 12.3. The molecule has 0 aliphatic carbocycles. The molecular formula is C18H20O. The molecule has 0 aliphatic rings. The van der Waals surface area contributed by atoms with Crippen LogP contribution in [0.3, 0.4) is 0 Å². The summed E-state index contributed by atoms with van der Waals surface area (Å²) < 4.78 is 0. The van der Waals surface area contributed by atoms with Gasteiger partial charge in [-0.3, -0.25) is 4.79 Å². The van der Waals surface area contributed by atoms with Gasteiger partial charge in [-0.25, -0.2) is 0 Å². The van der Waals surface area contributed by atoms with Gasteiger partial charge in [0.25, 0.3) is 0 Å². The van der Waals surface area contributed by atoms with Crippen molar-refractivity contribution >= 4 is 5.78 Å². The molecule has 0 bridgehead atoms. The lowest BCUT2D eigenvalue weighted by atomic mass is 9.90. The van der Waals surface area contributed by atoms with E-state index in [1.807, 2.05) is 30.3 Å². The van der Waals surface area contributed by atoms with Crippen LogP contribution in [-0.2, 0) is 6.42 Å². The lowest BCUT2D eigenvalue weighted by molar-refractivity contribution is 0.0992. The second-order valence-electron chi connectivity index (χ2n) is 5.20. The van der Waals surface area contributed by atoms with Gasteiger partial charge in [-0.15, -0.1) is 0 Å². The Hall–Kier alpha value is -1.89. The molecule has 0 heterocycles. The maximum Gasteiger partial charge on any atom is 0.167 e. The van der Waals surface area contributed by atoms with Crippen molar-refractivity contribution < 1.29 is 4.79 Å². The fraction of sp³-hybridized carbons (Fsp3) is 0.278. The van der Waals surface area contributed by atoms with E-state index < -0.39 is 0 Å². The average molecular weight is 252 g/mol. The minimum Gasteiger partial charge on any atom is -0.294 e. The van der Waals surface area contributed by atoms with Crippen LogP contribution in [0, 0.1) is 27.7 Å². The molecule has 0 saturated carbocycles. The summed E-state index contributed by atoms with van der Waals surface area (Å²) in [5.41, 5.74) is 7.02. The maximum absolute atomic E-state index is 12.3. The normalized spacial score (nSPS) is 10.5. The molecule has 0 amide bonds. The van der Waals surface area contributed by atoms with Gasteiger partial charge in [0.1, 0.15) is 0 Å². The number of carbonyl (C=O) groups is 1. The van der Waals surface area contributed by atoms with Crippen molar-refractivity contribution in [2.75, 3.05) is 0 Å². The first-order chi connectivity index (χ1) is 9.00. The third-order valence-corrected chi connectivity index (χ3v) is 3.95. The van der Waals surface area contributed by atoms with Crippen LogP contribution in [0.4, 0.5) is 0 Å². The number of benzene rings is 2. The molecule has 0 radical (unpaired) electrons. The second-order valence-corrected chi connectivity index (χ2v) is 5.20. The molecule has 1 nitrogen and oxygen atoms in total. The SMILES string of the molecule is Cc1cc(C)c(CC(=O)c2ccccc2)c(C)c1C. The summed E-state index contributed by atoms with van der Waals surface area (Å²) in [5, 5.41) is 0. The van der Waals surface area contributed by atoms with Gasteiger partial charge in [0.05, 0.1) is 0 Å². The summed E-state index contributed by atoms with van der Waals surface area (Å²) in [4.78, 5) is 12.3. The summed E-state index contributed by atoms with van der Waals surface area (Å²) in [6.07, 6.45) is 0.489. The Morgan fingerprint density at radius 2 is 1.53 bits per heavy atom. The molecule has 98 valence electrons. The fourth-order valence-electron chi connectivity index (χ4n) is 2.50. The lowest BCUT2D eigenvalue weighted by Gasteiger charge is -2.14. The molecule has 2 aromatic carbocycles. The first kappa shape index (κ1) is 13.5. The van der Waals surface area contributed by atoms with E-state index in [0.717, 1.165) is 5.56 Å². The highest BCUT2D eigenvalue weighted by Gasteiger charge is 2.13. The number of hydrogen-bond acceptors (Lipinski definition) is 1. The monoisotopic (exact) mass is 252 g/mol. The molecule has 2 aromatic rings. The van der Waals surface area contributed by atoms with Crippen LogP contribution >= 0.6 is 0 Å². The summed E-state index contributed by atoms with van der Waals surface area (Å²) >= 11 is 0. The third-order valence-electron chi connectivity index (χ3n) is 3.95. The zero-order valence-corrected chi connectivity index (χ0v) is 12.1. The van der Waals surface area contributed by atoms with Crippen molar-refractivity contribution in [2.45, 2.75) is 34.1 Å². The van der Waals surface area contributed by atoms with E-state index in [2.05, 4.69) is 33.8 Å². The third kappa shape index (κ3) is 2.76. The number of rotatable bonds is 3. The van der Waals surface area contributed by atoms with E-state index in [-0.39, 0.29) is 5.78 Å². The van der Waals surface area contributed by atoms with Crippen molar-refractivity contribution in [3.8, 4) is 0 Å². The van der Waals surface area contributed by atoms with Gasteiger partial charge < -0.3 is 0 Å². The van der Waals surface area contributed by atoms with Crippen LogP contribution in [0.1, 0.15) is 38.2 Å². The summed E-state index contributed by atoms with van der Waals surface area (Å²) in [6, 6.07) is 11.7. The highest BCUT2D eigenvalue weighted by Crippen LogP contribution is 2.23. The Kier molecular flexibility index (Phi) is 3.84. The highest BCUT2D eigenvalue weighted by atomic mass is 16.1. The largest absolute Gasteiger partial charge is 0.294 e. The van der Waals surface area contributed by atoms with Crippen LogP contribution in [0.2, 0.25) is 0 Å². The lowest BCUT2D eigenvalue weighted by Crippen LogP contribution is -2.08. The molecule has 0 unspecified atom stereocenters. The highest BCUT2D eigenvalue weighted by molar-refractivity contribution is 5.97. The van der Waals surface area contributed by atoms with Gasteiger partial charge in [-0.05, 0) is 55.5 Å². The minimum atomic E-state index is 0.190. The number of hydrogen-bond donors (Lipinski definition) is 0. The molecule has 0 N–H and O–H groups in total. The zero-order valence-electron chi connectivity index (χ0n) is 12.1. The van der Waals surface area contributed by atoms with Gasteiger partial charge in [0.2, 0.25) is 0 Å². The molecule has 19 heavy (non-hydrogen) atoms. The van der Waals surface area contributed by atoms with Crippen LogP contribution < -0.4 is 0 Å². The van der Waals surface area contributed by atoms with Gasteiger partial charge in [-0.1, -0.05) is 36.4 Å². The quantitative estimate of drug-likeness (QED) is 0.742. The summed E-state index contributed by atoms with van der Waals surface area (Å²) in [7, 11) is 0. The predicted molar refractivity (Wildman–Crippen MR) is 79.9 cm³/mol. The van der Waals surface area contributed by atoms with E-state index in [9.17, 15) is 4.79 Å². The van der Waals surface area contributed by atoms with Crippen molar-refractivity contribution in [1.82, 2.24) is 0 Å². The second kappa shape index (κ2) is 5.40. The summed E-state index contributed by atoms with van der Waals surface area (Å²) in [6.45, 7) is 8.45. The molecule has 0 atom stereocenters. The molecule has 0 saturated heterocycles.